The Hall–Kier alpha value is -2.70. The second kappa shape index (κ2) is 7.42. The summed E-state index contributed by atoms with van der Waals surface area (Å²) < 4.78 is 26.1. The Bertz CT molecular complexity index is 1500. The van der Waals surface area contributed by atoms with Crippen molar-refractivity contribution < 1.29 is 22.9 Å². The molecule has 1 aliphatic carbocycles. The van der Waals surface area contributed by atoms with Gasteiger partial charge in [0.15, 0.2) is 0 Å². The molecule has 4 rings (SSSR count). The molecule has 0 fully saturated rings. The highest BCUT2D eigenvalue weighted by atomic mass is 35.7. The first-order chi connectivity index (χ1) is 14.9. The molecule has 32 heavy (non-hydrogen) atoms. The third kappa shape index (κ3) is 3.24. The molecule has 166 valence electrons. The van der Waals surface area contributed by atoms with Crippen molar-refractivity contribution in [1.29, 1.82) is 0 Å². The highest BCUT2D eigenvalue weighted by Gasteiger charge is 2.38. The van der Waals surface area contributed by atoms with Crippen molar-refractivity contribution in [3.05, 3.63) is 75.2 Å². The number of allylic oxidation sites excluding steroid dienone is 3. The van der Waals surface area contributed by atoms with Crippen molar-refractivity contribution >= 4 is 47.5 Å². The van der Waals surface area contributed by atoms with E-state index in [-0.39, 0.29) is 10.5 Å². The Kier molecular flexibility index (Phi) is 5.22. The van der Waals surface area contributed by atoms with E-state index in [1.165, 1.54) is 0 Å². The van der Waals surface area contributed by atoms with Gasteiger partial charge in [-0.3, -0.25) is 0 Å². The predicted octanol–water partition coefficient (Wildman–Crippen LogP) is 5.27. The average Bonchev–Trinajstić information content (AvgIpc) is 2.70. The lowest BCUT2D eigenvalue weighted by atomic mass is 9.68. The molecule has 1 N–H and O–H groups in total. The topological polar surface area (TPSA) is 75.3 Å². The Morgan fingerprint density at radius 3 is 2.25 bits per heavy atom. The van der Waals surface area contributed by atoms with Crippen LogP contribution in [-0.2, 0) is 21.5 Å². The van der Waals surface area contributed by atoms with Crippen molar-refractivity contribution in [2.75, 3.05) is 0 Å². The first-order valence-electron chi connectivity index (χ1n) is 10.3. The molecule has 0 amide bonds. The van der Waals surface area contributed by atoms with E-state index in [0.717, 1.165) is 27.7 Å². The second-order valence-electron chi connectivity index (χ2n) is 8.83. The second-order valence-corrected chi connectivity index (χ2v) is 11.4. The summed E-state index contributed by atoms with van der Waals surface area (Å²) in [6.45, 7) is 7.59. The first kappa shape index (κ1) is 22.5. The molecule has 0 saturated heterocycles. The summed E-state index contributed by atoms with van der Waals surface area (Å²) in [5, 5.41) is 11.7. The number of halogens is 1. The van der Waals surface area contributed by atoms with Gasteiger partial charge >= 0.3 is 5.97 Å². The number of carboxylic acids is 1. The van der Waals surface area contributed by atoms with Crippen LogP contribution in [0.2, 0.25) is 0 Å². The zero-order chi connectivity index (χ0) is 23.6. The van der Waals surface area contributed by atoms with Crippen molar-refractivity contribution in [3.8, 4) is 0 Å². The van der Waals surface area contributed by atoms with E-state index >= 15 is 0 Å². The molecule has 5 nitrogen and oxygen atoms in total. The van der Waals surface area contributed by atoms with Crippen LogP contribution >= 0.6 is 10.7 Å². The van der Waals surface area contributed by atoms with Crippen LogP contribution in [0.15, 0.2) is 58.5 Å². The van der Waals surface area contributed by atoms with Gasteiger partial charge in [-0.1, -0.05) is 42.3 Å². The number of nitrogens with zero attached hydrogens (tertiary/aromatic N) is 1. The number of hydrogen-bond acceptors (Lipinski definition) is 3. The zero-order valence-corrected chi connectivity index (χ0v) is 20.2. The zero-order valence-electron chi connectivity index (χ0n) is 18.7. The van der Waals surface area contributed by atoms with Gasteiger partial charge in [0, 0.05) is 28.2 Å². The highest BCUT2D eigenvalue weighted by molar-refractivity contribution is 8.17. The minimum atomic E-state index is -3.87. The van der Waals surface area contributed by atoms with Gasteiger partial charge in [-0.05, 0) is 44.4 Å². The van der Waals surface area contributed by atoms with E-state index < -0.39 is 20.4 Å². The number of rotatable bonds is 3. The van der Waals surface area contributed by atoms with Crippen molar-refractivity contribution in [3.63, 3.8) is 0 Å². The van der Waals surface area contributed by atoms with Crippen LogP contribution in [0.1, 0.15) is 48.7 Å². The number of aryl methyl sites for hydroxylation is 2. The first-order valence-corrected chi connectivity index (χ1v) is 12.6. The molecule has 7 heteroatoms. The molecular weight excluding hydrogens is 446 g/mol. The lowest BCUT2D eigenvalue weighted by Gasteiger charge is -2.36. The van der Waals surface area contributed by atoms with Gasteiger partial charge in [-0.25, -0.2) is 13.2 Å². The van der Waals surface area contributed by atoms with Gasteiger partial charge in [0.1, 0.15) is 7.05 Å². The Morgan fingerprint density at radius 1 is 1.06 bits per heavy atom. The number of aromatic nitrogens is 1. The Balaban J connectivity index is 2.16. The summed E-state index contributed by atoms with van der Waals surface area (Å²) in [5.41, 5.74) is 4.55. The number of benzene rings is 2. The van der Waals surface area contributed by atoms with Gasteiger partial charge in [0.2, 0.25) is 11.0 Å². The van der Waals surface area contributed by atoms with E-state index in [9.17, 15) is 18.3 Å². The fourth-order valence-corrected chi connectivity index (χ4v) is 6.42. The third-order valence-electron chi connectivity index (χ3n) is 6.84. The third-order valence-corrected chi connectivity index (χ3v) is 8.33. The number of carboxylic acid groups (broad SMARTS) is 1. The van der Waals surface area contributed by atoms with Gasteiger partial charge in [-0.2, -0.15) is 4.57 Å². The van der Waals surface area contributed by atoms with Gasteiger partial charge < -0.3 is 5.11 Å². The molecule has 1 heterocycles. The summed E-state index contributed by atoms with van der Waals surface area (Å²) in [7, 11) is 3.74. The molecule has 1 aliphatic rings. The molecule has 0 bridgehead atoms. The minimum Gasteiger partial charge on any atom is -0.478 e. The van der Waals surface area contributed by atoms with Crippen LogP contribution < -0.4 is 4.57 Å². The van der Waals surface area contributed by atoms with Crippen molar-refractivity contribution in [2.24, 2.45) is 7.05 Å². The number of aromatic carboxylic acids is 1. The molecule has 0 radical (unpaired) electrons. The maximum atomic E-state index is 12.6. The number of carbonyl (C=O) groups is 1. The molecule has 1 aromatic heterocycles. The van der Waals surface area contributed by atoms with Crippen molar-refractivity contribution in [2.45, 2.75) is 39.5 Å². The number of fused-ring (bicyclic) bond motifs is 2. The van der Waals surface area contributed by atoms with E-state index in [2.05, 4.69) is 0 Å². The maximum Gasteiger partial charge on any atom is 0.337 e. The van der Waals surface area contributed by atoms with Crippen LogP contribution in [-0.4, -0.2) is 19.5 Å². The molecule has 1 unspecified atom stereocenters. The van der Waals surface area contributed by atoms with Gasteiger partial charge in [-0.15, -0.1) is 0 Å². The van der Waals surface area contributed by atoms with Gasteiger partial charge in [0.05, 0.1) is 21.2 Å². The molecule has 3 aromatic rings. The SMILES string of the molecule is CC1=CC(S(=O)(=O)Cl)=C(C)CC1(C)c1cccc2c1c(C(=O)O)c1c(C)cccc1[n+]2C. The fourth-order valence-electron chi connectivity index (χ4n) is 5.09. The van der Waals surface area contributed by atoms with Crippen LogP contribution in [0.3, 0.4) is 0 Å². The summed E-state index contributed by atoms with van der Waals surface area (Å²) in [6, 6.07) is 11.6. The van der Waals surface area contributed by atoms with E-state index in [1.807, 2.05) is 68.8 Å². The van der Waals surface area contributed by atoms with Crippen molar-refractivity contribution in [1.82, 2.24) is 0 Å². The lowest BCUT2D eigenvalue weighted by molar-refractivity contribution is -0.617. The number of pyridine rings is 1. The summed E-state index contributed by atoms with van der Waals surface area (Å²) in [5.74, 6) is -0.986. The molecule has 0 spiro atoms. The minimum absolute atomic E-state index is 0.125. The van der Waals surface area contributed by atoms with E-state index in [1.54, 1.807) is 13.0 Å². The molecule has 0 aliphatic heterocycles. The quantitative estimate of drug-likeness (QED) is 0.321. The standard InChI is InChI=1S/C25H24ClNO4S/c1-14-8-6-10-18-21(14)23(24(28)29)22-17(9-7-11-19(22)27(18)5)25(4)13-15(2)20(12-16(25)3)32(26,30)31/h6-12H,13H2,1-5H3/p+1. The van der Waals surface area contributed by atoms with Crippen LogP contribution in [0, 0.1) is 6.92 Å². The largest absolute Gasteiger partial charge is 0.478 e. The lowest BCUT2D eigenvalue weighted by Crippen LogP contribution is -2.34. The van der Waals surface area contributed by atoms with Crippen LogP contribution in [0.25, 0.3) is 21.8 Å². The fraction of sp³-hybridized carbons (Fsp3) is 0.280. The smallest absolute Gasteiger partial charge is 0.337 e. The van der Waals surface area contributed by atoms with Gasteiger partial charge in [0.25, 0.3) is 9.05 Å². The van der Waals surface area contributed by atoms with E-state index in [4.69, 9.17) is 10.7 Å². The summed E-state index contributed by atoms with van der Waals surface area (Å²) in [4.78, 5) is 12.8. The van der Waals surface area contributed by atoms with Crippen LogP contribution in [0.5, 0.6) is 0 Å². The molecular formula is C25H25ClNO4S+. The average molecular weight is 471 g/mol. The summed E-state index contributed by atoms with van der Waals surface area (Å²) >= 11 is 0. The predicted molar refractivity (Wildman–Crippen MR) is 128 cm³/mol. The van der Waals surface area contributed by atoms with E-state index in [0.29, 0.717) is 22.8 Å². The van der Waals surface area contributed by atoms with Crippen LogP contribution in [0.4, 0.5) is 0 Å². The Morgan fingerprint density at radius 2 is 1.66 bits per heavy atom. The monoisotopic (exact) mass is 470 g/mol. The maximum absolute atomic E-state index is 12.6. The normalized spacial score (nSPS) is 19.5. The molecule has 2 aromatic carbocycles. The summed E-state index contributed by atoms with van der Waals surface area (Å²) in [6.07, 6.45) is 2.04. The molecule has 0 saturated carbocycles. The number of hydrogen-bond donors (Lipinski definition) is 1. The Labute approximate surface area is 192 Å². The molecule has 1 atom stereocenters. The highest BCUT2D eigenvalue weighted by Crippen LogP contribution is 2.46.